The summed E-state index contributed by atoms with van der Waals surface area (Å²) in [6, 6.07) is 0.654. The van der Waals surface area contributed by atoms with Gasteiger partial charge >= 0.3 is 0 Å². The van der Waals surface area contributed by atoms with E-state index in [9.17, 15) is 32.7 Å². The summed E-state index contributed by atoms with van der Waals surface area (Å²) in [5.41, 5.74) is -1.35. The van der Waals surface area contributed by atoms with Crippen LogP contribution in [0.1, 0.15) is 45.8 Å². The summed E-state index contributed by atoms with van der Waals surface area (Å²) in [5, 5.41) is 12.6. The molecule has 0 saturated carbocycles. The van der Waals surface area contributed by atoms with E-state index < -0.39 is 58.1 Å². The molecule has 0 spiro atoms. The van der Waals surface area contributed by atoms with Crippen molar-refractivity contribution in [2.45, 2.75) is 25.9 Å². The number of nitrogens with zero attached hydrogens (tertiary/aromatic N) is 2. The van der Waals surface area contributed by atoms with Crippen molar-refractivity contribution < 1.29 is 27.9 Å². The summed E-state index contributed by atoms with van der Waals surface area (Å²) in [7, 11) is 0. The van der Waals surface area contributed by atoms with Crippen molar-refractivity contribution in [3.05, 3.63) is 74.5 Å². The molecule has 0 aliphatic carbocycles. The Kier molecular flexibility index (Phi) is 5.08. The molecule has 7 nitrogen and oxygen atoms in total. The van der Waals surface area contributed by atoms with Gasteiger partial charge in [0.25, 0.3) is 11.8 Å². The molecule has 0 fully saturated rings. The minimum absolute atomic E-state index is 0.198. The molecule has 31 heavy (non-hydrogen) atoms. The summed E-state index contributed by atoms with van der Waals surface area (Å²) in [6.45, 7) is 1.95. The molecule has 162 valence electrons. The molecule has 2 aliphatic rings. The predicted molar refractivity (Wildman–Crippen MR) is 103 cm³/mol. The van der Waals surface area contributed by atoms with E-state index in [0.717, 1.165) is 5.57 Å². The van der Waals surface area contributed by atoms with Gasteiger partial charge in [-0.15, -0.1) is 0 Å². The van der Waals surface area contributed by atoms with Gasteiger partial charge in [0.05, 0.1) is 6.04 Å². The standard InChI is InChI=1S/C21H18F3N3O4/c1-10-2-3-12-8-26(7-10)21(31)17-19(29)18(28)14(9-27(12)17)20(30)25-6-13-15(23)4-11(22)5-16(13)24/h2,4-5,9,12,29H,3,6-8H2,1H3,(H,25,30). The summed E-state index contributed by atoms with van der Waals surface area (Å²) < 4.78 is 42.0. The van der Waals surface area contributed by atoms with Crippen LogP contribution in [0.2, 0.25) is 0 Å². The number of carbonyl (C=O) groups is 2. The van der Waals surface area contributed by atoms with E-state index >= 15 is 0 Å². The lowest BCUT2D eigenvalue weighted by Gasteiger charge is -2.34. The van der Waals surface area contributed by atoms with Crippen LogP contribution in [0, 0.1) is 17.5 Å². The lowest BCUT2D eigenvalue weighted by molar-refractivity contribution is 0.0684. The van der Waals surface area contributed by atoms with Gasteiger partial charge in [0, 0.05) is 43.5 Å². The molecule has 10 heteroatoms. The number of hydrogen-bond donors (Lipinski definition) is 2. The molecule has 1 aromatic heterocycles. The topological polar surface area (TPSA) is 91.6 Å². The van der Waals surface area contributed by atoms with Crippen molar-refractivity contribution in [2.75, 3.05) is 13.1 Å². The number of pyridine rings is 1. The molecule has 1 atom stereocenters. The number of carbonyl (C=O) groups excluding carboxylic acids is 2. The van der Waals surface area contributed by atoms with Gasteiger partial charge in [-0.3, -0.25) is 14.4 Å². The zero-order valence-corrected chi connectivity index (χ0v) is 16.4. The summed E-state index contributed by atoms with van der Waals surface area (Å²) >= 11 is 0. The third-order valence-electron chi connectivity index (χ3n) is 5.48. The fraction of sp³-hybridized carbons (Fsp3) is 0.286. The fourth-order valence-electron chi connectivity index (χ4n) is 3.89. The Hall–Kier alpha value is -3.56. The van der Waals surface area contributed by atoms with Crippen LogP contribution in [0.25, 0.3) is 0 Å². The normalized spacial score (nSPS) is 17.7. The van der Waals surface area contributed by atoms with E-state index in [1.54, 1.807) is 0 Å². The first-order valence-corrected chi connectivity index (χ1v) is 9.52. The highest BCUT2D eigenvalue weighted by atomic mass is 19.1. The Morgan fingerprint density at radius 1 is 1.23 bits per heavy atom. The number of benzene rings is 1. The monoisotopic (exact) mass is 433 g/mol. The molecule has 3 heterocycles. The Morgan fingerprint density at radius 2 is 1.90 bits per heavy atom. The Morgan fingerprint density at radius 3 is 2.58 bits per heavy atom. The van der Waals surface area contributed by atoms with E-state index in [1.165, 1.54) is 15.7 Å². The predicted octanol–water partition coefficient (Wildman–Crippen LogP) is 2.25. The van der Waals surface area contributed by atoms with Crippen molar-refractivity contribution in [1.29, 1.82) is 0 Å². The molecule has 0 saturated heterocycles. The summed E-state index contributed by atoms with van der Waals surface area (Å²) in [5.74, 6) is -5.85. The second-order valence-corrected chi connectivity index (χ2v) is 7.63. The highest BCUT2D eigenvalue weighted by molar-refractivity contribution is 5.99. The van der Waals surface area contributed by atoms with Crippen molar-refractivity contribution in [3.8, 4) is 5.75 Å². The van der Waals surface area contributed by atoms with Crippen LogP contribution < -0.4 is 10.7 Å². The molecule has 2 amide bonds. The molecule has 1 aromatic carbocycles. The highest BCUT2D eigenvalue weighted by Gasteiger charge is 2.36. The van der Waals surface area contributed by atoms with Gasteiger partial charge in [-0.05, 0) is 13.3 Å². The Labute approximate surface area is 174 Å². The second kappa shape index (κ2) is 7.60. The van der Waals surface area contributed by atoms with Crippen LogP contribution in [0.5, 0.6) is 5.75 Å². The van der Waals surface area contributed by atoms with E-state index in [1.807, 2.05) is 13.0 Å². The van der Waals surface area contributed by atoms with Gasteiger partial charge in [-0.1, -0.05) is 11.6 Å². The zero-order chi connectivity index (χ0) is 22.4. The SMILES string of the molecule is CC1=CCC2CN(C1)C(=O)c1c(O)c(=O)c(C(=O)NCc3c(F)cc(F)cc3F)cn12. The first kappa shape index (κ1) is 20.7. The van der Waals surface area contributed by atoms with Crippen molar-refractivity contribution >= 4 is 11.8 Å². The number of amides is 2. The number of hydrogen-bond acceptors (Lipinski definition) is 4. The molecule has 2 aliphatic heterocycles. The molecular weight excluding hydrogens is 415 g/mol. The minimum atomic E-state index is -1.19. The van der Waals surface area contributed by atoms with Gasteiger partial charge in [0.2, 0.25) is 5.43 Å². The fourth-order valence-corrected chi connectivity index (χ4v) is 3.89. The Bertz CT molecular complexity index is 1180. The van der Waals surface area contributed by atoms with Gasteiger partial charge in [-0.25, -0.2) is 13.2 Å². The smallest absolute Gasteiger partial charge is 0.274 e. The van der Waals surface area contributed by atoms with E-state index in [0.29, 0.717) is 31.6 Å². The molecule has 2 bridgehead atoms. The first-order chi connectivity index (χ1) is 14.7. The summed E-state index contributed by atoms with van der Waals surface area (Å²) in [6.07, 6.45) is 3.65. The van der Waals surface area contributed by atoms with Gasteiger partial charge in [0.15, 0.2) is 11.4 Å². The zero-order valence-electron chi connectivity index (χ0n) is 16.4. The Balaban J connectivity index is 1.68. The molecule has 1 unspecified atom stereocenters. The maximum absolute atomic E-state index is 13.8. The maximum atomic E-state index is 13.8. The van der Waals surface area contributed by atoms with Crippen LogP contribution in [0.15, 0.2) is 34.8 Å². The average molecular weight is 433 g/mol. The average Bonchev–Trinajstić information content (AvgIpc) is 2.87. The largest absolute Gasteiger partial charge is 0.503 e. The number of allylic oxidation sites excluding steroid dienone is 1. The number of nitrogens with one attached hydrogen (secondary N) is 1. The van der Waals surface area contributed by atoms with Crippen LogP contribution >= 0.6 is 0 Å². The quantitative estimate of drug-likeness (QED) is 0.727. The second-order valence-electron chi connectivity index (χ2n) is 7.63. The molecule has 2 N–H and O–H groups in total. The van der Waals surface area contributed by atoms with Crippen LogP contribution in [0.4, 0.5) is 13.2 Å². The molecular formula is C21H18F3N3O4. The van der Waals surface area contributed by atoms with Crippen LogP contribution in [-0.2, 0) is 6.54 Å². The van der Waals surface area contributed by atoms with Gasteiger partial charge in [-0.2, -0.15) is 0 Å². The van der Waals surface area contributed by atoms with Crippen LogP contribution in [-0.4, -0.2) is 39.5 Å². The van der Waals surface area contributed by atoms with E-state index in [2.05, 4.69) is 5.32 Å². The third kappa shape index (κ3) is 3.58. The molecule has 0 radical (unpaired) electrons. The molecule has 4 rings (SSSR count). The number of rotatable bonds is 3. The number of halogens is 3. The lowest BCUT2D eigenvalue weighted by atomic mass is 10.1. The van der Waals surface area contributed by atoms with E-state index in [-0.39, 0.29) is 11.7 Å². The first-order valence-electron chi connectivity index (χ1n) is 9.52. The third-order valence-corrected chi connectivity index (χ3v) is 5.48. The van der Waals surface area contributed by atoms with Crippen molar-refractivity contribution in [2.24, 2.45) is 0 Å². The van der Waals surface area contributed by atoms with Gasteiger partial charge < -0.3 is 19.9 Å². The number of aromatic nitrogens is 1. The number of fused-ring (bicyclic) bond motifs is 4. The van der Waals surface area contributed by atoms with Crippen LogP contribution in [0.3, 0.4) is 0 Å². The lowest BCUT2D eigenvalue weighted by Crippen LogP contribution is -2.44. The highest BCUT2D eigenvalue weighted by Crippen LogP contribution is 2.31. The summed E-state index contributed by atoms with van der Waals surface area (Å²) in [4.78, 5) is 39.4. The minimum Gasteiger partial charge on any atom is -0.503 e. The number of aromatic hydroxyl groups is 1. The van der Waals surface area contributed by atoms with Gasteiger partial charge in [0.1, 0.15) is 23.0 Å². The van der Waals surface area contributed by atoms with Crippen molar-refractivity contribution in [1.82, 2.24) is 14.8 Å². The maximum Gasteiger partial charge on any atom is 0.274 e. The van der Waals surface area contributed by atoms with E-state index in [4.69, 9.17) is 0 Å². The molecule has 2 aromatic rings. The van der Waals surface area contributed by atoms with Crippen molar-refractivity contribution in [3.63, 3.8) is 0 Å².